The summed E-state index contributed by atoms with van der Waals surface area (Å²) in [5.41, 5.74) is 13.4. The third-order valence-electron chi connectivity index (χ3n) is 2.24. The van der Waals surface area contributed by atoms with Crippen molar-refractivity contribution >= 4 is 17.3 Å². The predicted molar refractivity (Wildman–Crippen MR) is 65.0 cm³/mol. The molecule has 0 atom stereocenters. The summed E-state index contributed by atoms with van der Waals surface area (Å²) in [6, 6.07) is 6.55. The van der Waals surface area contributed by atoms with Gasteiger partial charge < -0.3 is 16.8 Å². The van der Waals surface area contributed by atoms with Crippen LogP contribution in [0.4, 0.5) is 11.4 Å². The summed E-state index contributed by atoms with van der Waals surface area (Å²) < 4.78 is 0. The van der Waals surface area contributed by atoms with E-state index in [4.69, 9.17) is 11.5 Å². The molecule has 17 heavy (non-hydrogen) atoms. The number of H-pyrrole nitrogens is 1. The molecular formula is C11H13N5O. The van der Waals surface area contributed by atoms with Crippen molar-refractivity contribution in [2.75, 3.05) is 11.5 Å². The first kappa shape index (κ1) is 11.0. The summed E-state index contributed by atoms with van der Waals surface area (Å²) in [7, 11) is 0. The highest BCUT2D eigenvalue weighted by atomic mass is 16.1. The lowest BCUT2D eigenvalue weighted by atomic mass is 10.1. The zero-order chi connectivity index (χ0) is 12.3. The lowest BCUT2D eigenvalue weighted by Gasteiger charge is -2.05. The Hall–Kier alpha value is -2.50. The first-order valence-corrected chi connectivity index (χ1v) is 5.07. The van der Waals surface area contributed by atoms with Gasteiger partial charge in [0.25, 0.3) is 5.91 Å². The molecule has 1 aromatic carbocycles. The van der Waals surface area contributed by atoms with Crippen molar-refractivity contribution in [2.24, 2.45) is 0 Å². The largest absolute Gasteiger partial charge is 0.399 e. The molecule has 1 heterocycles. The topological polar surface area (TPSA) is 110 Å². The van der Waals surface area contributed by atoms with Gasteiger partial charge in [-0.05, 0) is 24.3 Å². The average molecular weight is 231 g/mol. The molecule has 2 rings (SSSR count). The maximum Gasteiger partial charge on any atom is 0.251 e. The van der Waals surface area contributed by atoms with Crippen LogP contribution in [0.5, 0.6) is 0 Å². The van der Waals surface area contributed by atoms with Crippen LogP contribution in [0.15, 0.2) is 30.5 Å². The number of anilines is 2. The third kappa shape index (κ3) is 2.75. The second-order valence-electron chi connectivity index (χ2n) is 3.65. The second-order valence-corrected chi connectivity index (χ2v) is 3.65. The molecule has 0 aliphatic heterocycles. The zero-order valence-electron chi connectivity index (χ0n) is 9.10. The normalized spacial score (nSPS) is 10.1. The Morgan fingerprint density at radius 3 is 2.59 bits per heavy atom. The van der Waals surface area contributed by atoms with Crippen molar-refractivity contribution in [1.29, 1.82) is 0 Å². The highest BCUT2D eigenvalue weighted by molar-refractivity contribution is 5.96. The summed E-state index contributed by atoms with van der Waals surface area (Å²) in [6.07, 6.45) is 1.62. The van der Waals surface area contributed by atoms with E-state index in [1.54, 1.807) is 30.5 Å². The van der Waals surface area contributed by atoms with Crippen molar-refractivity contribution in [2.45, 2.75) is 6.54 Å². The van der Waals surface area contributed by atoms with E-state index in [1.165, 1.54) is 0 Å². The Kier molecular flexibility index (Phi) is 2.95. The molecule has 1 amide bonds. The number of nitrogens with zero attached hydrogens (tertiary/aromatic N) is 1. The van der Waals surface area contributed by atoms with Gasteiger partial charge in [0.1, 0.15) is 0 Å². The van der Waals surface area contributed by atoms with E-state index in [9.17, 15) is 4.79 Å². The van der Waals surface area contributed by atoms with Gasteiger partial charge in [-0.2, -0.15) is 5.10 Å². The molecule has 6 N–H and O–H groups in total. The molecule has 0 bridgehead atoms. The van der Waals surface area contributed by atoms with E-state index in [0.717, 1.165) is 5.69 Å². The minimum Gasteiger partial charge on any atom is -0.399 e. The Labute approximate surface area is 98.0 Å². The maximum absolute atomic E-state index is 11.8. The fourth-order valence-corrected chi connectivity index (χ4v) is 1.47. The minimum atomic E-state index is -0.224. The molecular weight excluding hydrogens is 218 g/mol. The molecule has 6 nitrogen and oxygen atoms in total. The van der Waals surface area contributed by atoms with E-state index in [-0.39, 0.29) is 5.91 Å². The van der Waals surface area contributed by atoms with Gasteiger partial charge in [0.15, 0.2) is 0 Å². The van der Waals surface area contributed by atoms with E-state index in [0.29, 0.717) is 23.5 Å². The van der Waals surface area contributed by atoms with Gasteiger partial charge in [-0.15, -0.1) is 0 Å². The molecule has 0 unspecified atom stereocenters. The molecule has 0 saturated heterocycles. The van der Waals surface area contributed by atoms with Gasteiger partial charge in [-0.1, -0.05) is 0 Å². The number of carbonyl (C=O) groups excluding carboxylic acids is 1. The lowest BCUT2D eigenvalue weighted by molar-refractivity contribution is 0.0950. The van der Waals surface area contributed by atoms with Crippen molar-refractivity contribution in [3.8, 4) is 0 Å². The number of benzene rings is 1. The molecule has 0 aliphatic rings. The fourth-order valence-electron chi connectivity index (χ4n) is 1.47. The van der Waals surface area contributed by atoms with E-state index in [1.807, 2.05) is 0 Å². The molecule has 6 heteroatoms. The number of hydrogen-bond acceptors (Lipinski definition) is 4. The Bertz CT molecular complexity index is 500. The molecule has 2 aromatic rings. The summed E-state index contributed by atoms with van der Waals surface area (Å²) >= 11 is 0. The number of nitrogen functional groups attached to an aromatic ring is 2. The van der Waals surface area contributed by atoms with Crippen LogP contribution in [0, 0.1) is 0 Å². The lowest BCUT2D eigenvalue weighted by Crippen LogP contribution is -2.23. The van der Waals surface area contributed by atoms with Gasteiger partial charge in [-0.3, -0.25) is 9.89 Å². The van der Waals surface area contributed by atoms with Crippen LogP contribution in [0.2, 0.25) is 0 Å². The van der Waals surface area contributed by atoms with Gasteiger partial charge >= 0.3 is 0 Å². The second kappa shape index (κ2) is 4.56. The van der Waals surface area contributed by atoms with E-state index in [2.05, 4.69) is 15.5 Å². The van der Waals surface area contributed by atoms with E-state index >= 15 is 0 Å². The molecule has 1 aromatic heterocycles. The van der Waals surface area contributed by atoms with Crippen molar-refractivity contribution in [1.82, 2.24) is 15.5 Å². The molecule has 0 spiro atoms. The number of rotatable bonds is 3. The zero-order valence-corrected chi connectivity index (χ0v) is 9.10. The smallest absolute Gasteiger partial charge is 0.251 e. The van der Waals surface area contributed by atoms with Crippen LogP contribution < -0.4 is 16.8 Å². The molecule has 0 fully saturated rings. The van der Waals surface area contributed by atoms with Gasteiger partial charge in [-0.25, -0.2) is 0 Å². The molecule has 88 valence electrons. The number of amides is 1. The van der Waals surface area contributed by atoms with E-state index < -0.39 is 0 Å². The molecule has 0 radical (unpaired) electrons. The molecule has 0 aliphatic carbocycles. The van der Waals surface area contributed by atoms with Gasteiger partial charge in [0, 0.05) is 23.1 Å². The maximum atomic E-state index is 11.8. The van der Waals surface area contributed by atoms with Crippen LogP contribution in [0.1, 0.15) is 16.1 Å². The average Bonchev–Trinajstić information content (AvgIpc) is 2.77. The van der Waals surface area contributed by atoms with Crippen LogP contribution in [-0.2, 0) is 6.54 Å². The standard InChI is InChI=1S/C11H13N5O/c12-8-3-7(4-9(13)5-8)11(17)14-6-10-1-2-15-16-10/h1-5H,6,12-13H2,(H,14,17)(H,15,16). The number of hydrogen-bond donors (Lipinski definition) is 4. The highest BCUT2D eigenvalue weighted by Gasteiger charge is 2.07. The van der Waals surface area contributed by atoms with Gasteiger partial charge in [0.2, 0.25) is 0 Å². The van der Waals surface area contributed by atoms with Crippen molar-refractivity contribution in [3.05, 3.63) is 41.7 Å². The Morgan fingerprint density at radius 1 is 1.29 bits per heavy atom. The first-order chi connectivity index (χ1) is 8.15. The van der Waals surface area contributed by atoms with Gasteiger partial charge in [0.05, 0.1) is 12.2 Å². The summed E-state index contributed by atoms with van der Waals surface area (Å²) in [5, 5.41) is 9.27. The van der Waals surface area contributed by atoms with Crippen LogP contribution >= 0.6 is 0 Å². The summed E-state index contributed by atoms with van der Waals surface area (Å²) in [5.74, 6) is -0.224. The molecule has 0 saturated carbocycles. The quantitative estimate of drug-likeness (QED) is 0.576. The summed E-state index contributed by atoms with van der Waals surface area (Å²) in [4.78, 5) is 11.8. The van der Waals surface area contributed by atoms with Crippen LogP contribution in [-0.4, -0.2) is 16.1 Å². The highest BCUT2D eigenvalue weighted by Crippen LogP contribution is 2.13. The minimum absolute atomic E-state index is 0.224. The number of aromatic nitrogens is 2. The Morgan fingerprint density at radius 2 is 2.00 bits per heavy atom. The summed E-state index contributed by atoms with van der Waals surface area (Å²) in [6.45, 7) is 0.382. The fraction of sp³-hybridized carbons (Fsp3) is 0.0909. The van der Waals surface area contributed by atoms with Crippen molar-refractivity contribution in [3.63, 3.8) is 0 Å². The van der Waals surface area contributed by atoms with Crippen LogP contribution in [0.3, 0.4) is 0 Å². The first-order valence-electron chi connectivity index (χ1n) is 5.07. The predicted octanol–water partition coefficient (Wildman–Crippen LogP) is 0.504. The van der Waals surface area contributed by atoms with Crippen LogP contribution in [0.25, 0.3) is 0 Å². The number of nitrogens with one attached hydrogen (secondary N) is 2. The number of aromatic amines is 1. The number of nitrogens with two attached hydrogens (primary N) is 2. The SMILES string of the molecule is Nc1cc(N)cc(C(=O)NCc2ccn[nH]2)c1. The third-order valence-corrected chi connectivity index (χ3v) is 2.24. The Balaban J connectivity index is 2.04. The van der Waals surface area contributed by atoms with Crippen molar-refractivity contribution < 1.29 is 4.79 Å². The number of carbonyl (C=O) groups is 1. The monoisotopic (exact) mass is 231 g/mol.